The summed E-state index contributed by atoms with van der Waals surface area (Å²) in [5, 5.41) is 2.11. The van der Waals surface area contributed by atoms with Crippen molar-refractivity contribution in [2.75, 3.05) is 7.05 Å². The van der Waals surface area contributed by atoms with E-state index in [4.69, 9.17) is 4.74 Å². The summed E-state index contributed by atoms with van der Waals surface area (Å²) >= 11 is 0. The van der Waals surface area contributed by atoms with Crippen LogP contribution in [0.2, 0.25) is 0 Å². The van der Waals surface area contributed by atoms with Crippen LogP contribution in [0.5, 0.6) is 6.01 Å². The molecule has 0 radical (unpaired) electrons. The first-order chi connectivity index (χ1) is 11.1. The highest BCUT2D eigenvalue weighted by molar-refractivity contribution is 5.79. The first-order valence-electron chi connectivity index (χ1n) is 6.78. The predicted octanol–water partition coefficient (Wildman–Crippen LogP) is 2.24. The number of ether oxygens (including phenoxy) is 1. The quantitative estimate of drug-likeness (QED) is 0.787. The highest BCUT2D eigenvalue weighted by Crippen LogP contribution is 2.19. The van der Waals surface area contributed by atoms with Crippen molar-refractivity contribution in [2.45, 2.75) is 0 Å². The van der Waals surface area contributed by atoms with Gasteiger partial charge in [0.15, 0.2) is 0 Å². The van der Waals surface area contributed by atoms with Gasteiger partial charge in [0.1, 0.15) is 11.2 Å². The van der Waals surface area contributed by atoms with E-state index in [1.165, 1.54) is 25.2 Å². The lowest BCUT2D eigenvalue weighted by molar-refractivity contribution is 0.197. The number of fused-ring (bicyclic) bond motifs is 1. The van der Waals surface area contributed by atoms with Gasteiger partial charge in [-0.2, -0.15) is 4.98 Å². The largest absolute Gasteiger partial charge is 0.414 e. The van der Waals surface area contributed by atoms with Crippen molar-refractivity contribution >= 4 is 17.0 Å². The van der Waals surface area contributed by atoms with Gasteiger partial charge in [0.25, 0.3) is 5.56 Å². The van der Waals surface area contributed by atoms with Crippen molar-refractivity contribution < 1.29 is 13.9 Å². The minimum Gasteiger partial charge on any atom is -0.375 e. The Balaban J connectivity index is 2.36. The van der Waals surface area contributed by atoms with Crippen LogP contribution in [-0.4, -0.2) is 22.7 Å². The molecule has 1 heterocycles. The Morgan fingerprint density at radius 3 is 2.61 bits per heavy atom. The molecule has 0 atom stereocenters. The molecule has 1 aromatic heterocycles. The van der Waals surface area contributed by atoms with Gasteiger partial charge in [-0.15, -0.1) is 0 Å². The maximum atomic E-state index is 14.0. The standard InChI is InChI=1S/C16H12FN3O3/c1-18-16(22)23-15-19-12-9-5-8-11(17)13(12)14(21)20(15)10-6-3-2-4-7-10/h2-9H,1H3,(H,18,22). The van der Waals surface area contributed by atoms with E-state index in [1.807, 2.05) is 0 Å². The first kappa shape index (κ1) is 14.7. The zero-order valence-electron chi connectivity index (χ0n) is 12.1. The molecule has 0 bridgehead atoms. The molecule has 1 N–H and O–H groups in total. The van der Waals surface area contributed by atoms with Gasteiger partial charge in [-0.1, -0.05) is 24.3 Å². The summed E-state index contributed by atoms with van der Waals surface area (Å²) in [6.45, 7) is 0. The molecule has 23 heavy (non-hydrogen) atoms. The van der Waals surface area contributed by atoms with E-state index >= 15 is 0 Å². The van der Waals surface area contributed by atoms with E-state index < -0.39 is 17.5 Å². The molecule has 0 saturated heterocycles. The molecule has 0 fully saturated rings. The molecule has 0 aliphatic carbocycles. The summed E-state index contributed by atoms with van der Waals surface area (Å²) in [5.41, 5.74) is -0.131. The van der Waals surface area contributed by atoms with Crippen LogP contribution in [0.25, 0.3) is 16.6 Å². The van der Waals surface area contributed by atoms with Crippen LogP contribution in [-0.2, 0) is 0 Å². The summed E-state index contributed by atoms with van der Waals surface area (Å²) in [7, 11) is 1.38. The Morgan fingerprint density at radius 1 is 1.17 bits per heavy atom. The van der Waals surface area contributed by atoms with E-state index in [9.17, 15) is 14.0 Å². The fraction of sp³-hybridized carbons (Fsp3) is 0.0625. The molecule has 1 amide bonds. The molecule has 0 aliphatic heterocycles. The van der Waals surface area contributed by atoms with Gasteiger partial charge in [0.05, 0.1) is 11.2 Å². The summed E-state index contributed by atoms with van der Waals surface area (Å²) in [4.78, 5) is 28.3. The normalized spacial score (nSPS) is 10.5. The Kier molecular flexibility index (Phi) is 3.76. The molecule has 3 rings (SSSR count). The van der Waals surface area contributed by atoms with Crippen molar-refractivity contribution in [3.8, 4) is 11.7 Å². The lowest BCUT2D eigenvalue weighted by Crippen LogP contribution is -2.28. The van der Waals surface area contributed by atoms with Crippen LogP contribution in [0, 0.1) is 5.82 Å². The molecule has 3 aromatic rings. The Bertz CT molecular complexity index is 938. The van der Waals surface area contributed by atoms with E-state index in [0.717, 1.165) is 4.57 Å². The number of hydrogen-bond donors (Lipinski definition) is 1. The summed E-state index contributed by atoms with van der Waals surface area (Å²) in [5.74, 6) is -0.684. The molecule has 0 unspecified atom stereocenters. The van der Waals surface area contributed by atoms with Gasteiger partial charge >= 0.3 is 12.1 Å². The third kappa shape index (κ3) is 2.64. The number of carbonyl (C=O) groups excluding carboxylic acids is 1. The average Bonchev–Trinajstić information content (AvgIpc) is 2.55. The predicted molar refractivity (Wildman–Crippen MR) is 82.4 cm³/mol. The van der Waals surface area contributed by atoms with Crippen molar-refractivity contribution in [1.82, 2.24) is 14.9 Å². The van der Waals surface area contributed by atoms with Gasteiger partial charge in [-0.25, -0.2) is 13.8 Å². The van der Waals surface area contributed by atoms with Crippen LogP contribution in [0.1, 0.15) is 0 Å². The van der Waals surface area contributed by atoms with Crippen molar-refractivity contribution in [3.63, 3.8) is 0 Å². The lowest BCUT2D eigenvalue weighted by Gasteiger charge is -2.12. The fourth-order valence-corrected chi connectivity index (χ4v) is 2.18. The van der Waals surface area contributed by atoms with Crippen LogP contribution < -0.4 is 15.6 Å². The van der Waals surface area contributed by atoms with E-state index in [0.29, 0.717) is 5.69 Å². The summed E-state index contributed by atoms with van der Waals surface area (Å²) in [6.07, 6.45) is -0.780. The fourth-order valence-electron chi connectivity index (χ4n) is 2.18. The smallest absolute Gasteiger partial charge is 0.375 e. The number of aromatic nitrogens is 2. The van der Waals surface area contributed by atoms with Crippen molar-refractivity contribution in [2.24, 2.45) is 0 Å². The second-order valence-electron chi connectivity index (χ2n) is 4.64. The van der Waals surface area contributed by atoms with Gasteiger partial charge < -0.3 is 10.1 Å². The van der Waals surface area contributed by atoms with Gasteiger partial charge in [0.2, 0.25) is 0 Å². The number of nitrogens with zero attached hydrogens (tertiary/aromatic N) is 2. The second kappa shape index (κ2) is 5.88. The van der Waals surface area contributed by atoms with E-state index in [2.05, 4.69) is 10.3 Å². The highest BCUT2D eigenvalue weighted by Gasteiger charge is 2.18. The van der Waals surface area contributed by atoms with Crippen LogP contribution in [0.3, 0.4) is 0 Å². The van der Waals surface area contributed by atoms with Crippen LogP contribution in [0.15, 0.2) is 53.3 Å². The van der Waals surface area contributed by atoms with E-state index in [1.54, 1.807) is 30.3 Å². The summed E-state index contributed by atoms with van der Waals surface area (Å²) in [6, 6.07) is 12.3. The topological polar surface area (TPSA) is 73.2 Å². The number of para-hydroxylation sites is 1. The number of rotatable bonds is 2. The number of hydrogen-bond acceptors (Lipinski definition) is 4. The zero-order chi connectivity index (χ0) is 16.4. The van der Waals surface area contributed by atoms with Gasteiger partial charge in [-0.3, -0.25) is 4.79 Å². The highest BCUT2D eigenvalue weighted by atomic mass is 19.1. The molecular weight excluding hydrogens is 301 g/mol. The third-order valence-corrected chi connectivity index (χ3v) is 3.22. The average molecular weight is 313 g/mol. The Labute approximate surface area is 130 Å². The first-order valence-corrected chi connectivity index (χ1v) is 6.78. The molecule has 2 aromatic carbocycles. The lowest BCUT2D eigenvalue weighted by atomic mass is 10.2. The Hall–Kier alpha value is -3.22. The third-order valence-electron chi connectivity index (χ3n) is 3.22. The SMILES string of the molecule is CNC(=O)Oc1nc2cccc(F)c2c(=O)n1-c1ccccc1. The monoisotopic (exact) mass is 313 g/mol. The zero-order valence-corrected chi connectivity index (χ0v) is 12.1. The van der Waals surface area contributed by atoms with Crippen LogP contribution in [0.4, 0.5) is 9.18 Å². The number of halogens is 1. The second-order valence-corrected chi connectivity index (χ2v) is 4.64. The van der Waals surface area contributed by atoms with Crippen LogP contribution >= 0.6 is 0 Å². The van der Waals surface area contributed by atoms with Crippen molar-refractivity contribution in [1.29, 1.82) is 0 Å². The maximum absolute atomic E-state index is 14.0. The minimum absolute atomic E-state index is 0.112. The van der Waals surface area contributed by atoms with Gasteiger partial charge in [-0.05, 0) is 24.3 Å². The molecular formula is C16H12FN3O3. The Morgan fingerprint density at radius 2 is 1.91 bits per heavy atom. The molecule has 116 valence electrons. The number of carbonyl (C=O) groups is 1. The minimum atomic E-state index is -0.780. The maximum Gasteiger partial charge on any atom is 0.414 e. The summed E-state index contributed by atoms with van der Waals surface area (Å²) < 4.78 is 20.1. The molecule has 0 aliphatic rings. The van der Waals surface area contributed by atoms with Crippen molar-refractivity contribution in [3.05, 3.63) is 64.7 Å². The molecule has 6 nitrogen and oxygen atoms in total. The molecule has 7 heteroatoms. The molecule has 0 spiro atoms. The molecule has 0 saturated carbocycles. The van der Waals surface area contributed by atoms with Gasteiger partial charge in [0, 0.05) is 7.05 Å². The number of benzene rings is 2. The number of nitrogens with one attached hydrogen (secondary N) is 1. The van der Waals surface area contributed by atoms with E-state index in [-0.39, 0.29) is 16.9 Å². The number of amides is 1.